The van der Waals surface area contributed by atoms with E-state index in [9.17, 15) is 0 Å². The summed E-state index contributed by atoms with van der Waals surface area (Å²) in [4.78, 5) is 8.39. The molecule has 4 rings (SSSR count). The molecule has 29 heavy (non-hydrogen) atoms. The van der Waals surface area contributed by atoms with E-state index in [4.69, 9.17) is 4.74 Å². The van der Waals surface area contributed by atoms with Gasteiger partial charge in [0.25, 0.3) is 0 Å². The van der Waals surface area contributed by atoms with E-state index in [1.807, 2.05) is 19.1 Å². The maximum absolute atomic E-state index is 5.80. The van der Waals surface area contributed by atoms with Gasteiger partial charge >= 0.3 is 0 Å². The third kappa shape index (κ3) is 4.39. The molecule has 0 unspecified atom stereocenters. The van der Waals surface area contributed by atoms with Gasteiger partial charge in [-0.3, -0.25) is 4.90 Å². The Labute approximate surface area is 178 Å². The van der Waals surface area contributed by atoms with Crippen LogP contribution >= 0.6 is 11.8 Å². The van der Waals surface area contributed by atoms with Gasteiger partial charge in [0.15, 0.2) is 0 Å². The second kappa shape index (κ2) is 8.29. The summed E-state index contributed by atoms with van der Waals surface area (Å²) in [6, 6.07) is 15.0. The molecule has 2 aromatic carbocycles. The van der Waals surface area contributed by atoms with Gasteiger partial charge in [0, 0.05) is 46.2 Å². The van der Waals surface area contributed by atoms with E-state index < -0.39 is 0 Å². The third-order valence-electron chi connectivity index (χ3n) is 5.53. The third-order valence-corrected chi connectivity index (χ3v) is 6.58. The van der Waals surface area contributed by atoms with Gasteiger partial charge in [-0.2, -0.15) is 0 Å². The van der Waals surface area contributed by atoms with Crippen LogP contribution in [0.4, 0.5) is 0 Å². The van der Waals surface area contributed by atoms with Crippen LogP contribution in [0.15, 0.2) is 64.5 Å². The van der Waals surface area contributed by atoms with Crippen LogP contribution in [0.2, 0.25) is 0 Å². The quantitative estimate of drug-likeness (QED) is 0.517. The van der Waals surface area contributed by atoms with Gasteiger partial charge in [0.2, 0.25) is 0 Å². The summed E-state index contributed by atoms with van der Waals surface area (Å²) in [6.45, 7) is 11.7. The lowest BCUT2D eigenvalue weighted by Gasteiger charge is -2.37. The molecule has 1 aliphatic rings. The Balaban J connectivity index is 1.62. The van der Waals surface area contributed by atoms with E-state index in [-0.39, 0.29) is 5.54 Å². The van der Waals surface area contributed by atoms with Crippen LogP contribution in [-0.2, 0) is 0 Å². The normalized spacial score (nSPS) is 15.5. The SMILES string of the molecule is CCOc1ccccc1Sc1ccc2[nH]cc(C3=CCN(C(C)(C)C)CC3)c2c1. The van der Waals surface area contributed by atoms with E-state index in [2.05, 4.69) is 73.3 Å². The summed E-state index contributed by atoms with van der Waals surface area (Å²) in [5.74, 6) is 0.951. The maximum Gasteiger partial charge on any atom is 0.133 e. The van der Waals surface area contributed by atoms with Gasteiger partial charge < -0.3 is 9.72 Å². The molecule has 4 heteroatoms. The second-order valence-electron chi connectivity index (χ2n) is 8.49. The Bertz CT molecular complexity index is 1030. The number of aromatic amines is 1. The summed E-state index contributed by atoms with van der Waals surface area (Å²) in [6.07, 6.45) is 5.67. The Morgan fingerprint density at radius 2 is 1.97 bits per heavy atom. The number of aromatic nitrogens is 1. The average molecular weight is 407 g/mol. The van der Waals surface area contributed by atoms with E-state index in [0.717, 1.165) is 30.2 Å². The average Bonchev–Trinajstić information content (AvgIpc) is 3.12. The van der Waals surface area contributed by atoms with Gasteiger partial charge in [-0.05, 0) is 70.0 Å². The number of nitrogens with zero attached hydrogens (tertiary/aromatic N) is 1. The topological polar surface area (TPSA) is 28.3 Å². The van der Waals surface area contributed by atoms with Crippen LogP contribution in [-0.4, -0.2) is 35.1 Å². The predicted molar refractivity (Wildman–Crippen MR) is 124 cm³/mol. The van der Waals surface area contributed by atoms with Crippen LogP contribution < -0.4 is 4.74 Å². The zero-order valence-electron chi connectivity index (χ0n) is 17.8. The molecule has 0 saturated carbocycles. The number of hydrogen-bond donors (Lipinski definition) is 1. The Kier molecular flexibility index (Phi) is 5.75. The number of H-pyrrole nitrogens is 1. The molecule has 0 spiro atoms. The maximum atomic E-state index is 5.80. The molecule has 2 heterocycles. The summed E-state index contributed by atoms with van der Waals surface area (Å²) in [5, 5.41) is 1.30. The molecular formula is C25H30N2OS. The van der Waals surface area contributed by atoms with Crippen LogP contribution in [0.25, 0.3) is 16.5 Å². The van der Waals surface area contributed by atoms with Crippen molar-refractivity contribution in [2.24, 2.45) is 0 Å². The van der Waals surface area contributed by atoms with Crippen molar-refractivity contribution in [1.29, 1.82) is 0 Å². The van der Waals surface area contributed by atoms with Gasteiger partial charge in [-0.15, -0.1) is 0 Å². The van der Waals surface area contributed by atoms with E-state index in [1.54, 1.807) is 11.8 Å². The molecule has 0 bridgehead atoms. The zero-order chi connectivity index (χ0) is 20.4. The van der Waals surface area contributed by atoms with Crippen molar-refractivity contribution in [1.82, 2.24) is 9.88 Å². The molecule has 152 valence electrons. The van der Waals surface area contributed by atoms with Gasteiger partial charge in [0.05, 0.1) is 11.5 Å². The van der Waals surface area contributed by atoms with Crippen molar-refractivity contribution in [3.63, 3.8) is 0 Å². The highest BCUT2D eigenvalue weighted by atomic mass is 32.2. The predicted octanol–water partition coefficient (Wildman–Crippen LogP) is 6.61. The van der Waals surface area contributed by atoms with Gasteiger partial charge in [-0.1, -0.05) is 30.0 Å². The summed E-state index contributed by atoms with van der Waals surface area (Å²) >= 11 is 1.76. The molecule has 1 N–H and O–H groups in total. The van der Waals surface area contributed by atoms with E-state index in [0.29, 0.717) is 6.61 Å². The summed E-state index contributed by atoms with van der Waals surface area (Å²) in [7, 11) is 0. The van der Waals surface area contributed by atoms with Crippen LogP contribution in [0, 0.1) is 0 Å². The van der Waals surface area contributed by atoms with Crippen molar-refractivity contribution in [2.75, 3.05) is 19.7 Å². The van der Waals surface area contributed by atoms with Crippen molar-refractivity contribution in [2.45, 2.75) is 49.4 Å². The van der Waals surface area contributed by atoms with Gasteiger partial charge in [-0.25, -0.2) is 0 Å². The first kappa shape index (κ1) is 20.1. The lowest BCUT2D eigenvalue weighted by atomic mass is 9.96. The largest absolute Gasteiger partial charge is 0.493 e. The standard InChI is InChI=1S/C25H30N2OS/c1-5-28-23-8-6-7-9-24(23)29-19-10-11-22-20(16-19)21(17-26-22)18-12-14-27(15-13-18)25(2,3)4/h6-12,16-17,26H,5,13-15H2,1-4H3. The number of hydrogen-bond acceptors (Lipinski definition) is 3. The molecule has 0 saturated heterocycles. The minimum atomic E-state index is 0.222. The monoisotopic (exact) mass is 406 g/mol. The number of nitrogens with one attached hydrogen (secondary N) is 1. The molecule has 1 aliphatic heterocycles. The molecular weight excluding hydrogens is 376 g/mol. The van der Waals surface area contributed by atoms with Crippen LogP contribution in [0.5, 0.6) is 5.75 Å². The lowest BCUT2D eigenvalue weighted by molar-refractivity contribution is 0.153. The molecule has 3 aromatic rings. The highest BCUT2D eigenvalue weighted by Crippen LogP contribution is 2.38. The van der Waals surface area contributed by atoms with Crippen molar-refractivity contribution < 1.29 is 4.74 Å². The fourth-order valence-electron chi connectivity index (χ4n) is 3.89. The summed E-state index contributed by atoms with van der Waals surface area (Å²) in [5.41, 5.74) is 4.21. The number of ether oxygens (including phenoxy) is 1. The Morgan fingerprint density at radius 1 is 1.14 bits per heavy atom. The number of para-hydroxylation sites is 1. The van der Waals surface area contributed by atoms with E-state index >= 15 is 0 Å². The lowest BCUT2D eigenvalue weighted by Crippen LogP contribution is -2.43. The molecule has 0 atom stereocenters. The number of benzene rings is 2. The van der Waals surface area contributed by atoms with Crippen molar-refractivity contribution in [3.05, 3.63) is 60.3 Å². The highest BCUT2D eigenvalue weighted by Gasteiger charge is 2.24. The Hall–Kier alpha value is -2.17. The van der Waals surface area contributed by atoms with Gasteiger partial charge in [0.1, 0.15) is 5.75 Å². The molecule has 1 aromatic heterocycles. The van der Waals surface area contributed by atoms with Crippen molar-refractivity contribution >= 4 is 28.2 Å². The smallest absolute Gasteiger partial charge is 0.133 e. The number of fused-ring (bicyclic) bond motifs is 1. The molecule has 0 aliphatic carbocycles. The van der Waals surface area contributed by atoms with E-state index in [1.165, 1.54) is 26.9 Å². The van der Waals surface area contributed by atoms with Crippen LogP contribution in [0.1, 0.15) is 39.7 Å². The first-order chi connectivity index (χ1) is 14.0. The second-order valence-corrected chi connectivity index (χ2v) is 9.60. The summed E-state index contributed by atoms with van der Waals surface area (Å²) < 4.78 is 5.80. The van der Waals surface area contributed by atoms with Crippen LogP contribution in [0.3, 0.4) is 0 Å². The fraction of sp³-hybridized carbons (Fsp3) is 0.360. The fourth-order valence-corrected chi connectivity index (χ4v) is 4.83. The Morgan fingerprint density at radius 3 is 2.69 bits per heavy atom. The number of rotatable bonds is 5. The molecule has 0 fully saturated rings. The molecule has 0 amide bonds. The molecule has 3 nitrogen and oxygen atoms in total. The highest BCUT2D eigenvalue weighted by molar-refractivity contribution is 7.99. The first-order valence-corrected chi connectivity index (χ1v) is 11.2. The minimum absolute atomic E-state index is 0.222. The van der Waals surface area contributed by atoms with Crippen molar-refractivity contribution in [3.8, 4) is 5.75 Å². The minimum Gasteiger partial charge on any atom is -0.493 e. The zero-order valence-corrected chi connectivity index (χ0v) is 18.6. The molecule has 0 radical (unpaired) electrons. The first-order valence-electron chi connectivity index (χ1n) is 10.4.